The smallest absolute Gasteiger partial charge is 0.223 e. The maximum Gasteiger partial charge on any atom is 0.223 e. The molecule has 21 heavy (non-hydrogen) atoms. The molecule has 6 heteroatoms. The van der Waals surface area contributed by atoms with Crippen LogP contribution >= 0.6 is 11.3 Å². The van der Waals surface area contributed by atoms with Crippen molar-refractivity contribution in [2.45, 2.75) is 38.6 Å². The summed E-state index contributed by atoms with van der Waals surface area (Å²) in [5.74, 6) is 1.21. The van der Waals surface area contributed by atoms with Gasteiger partial charge in [0.2, 0.25) is 5.95 Å². The van der Waals surface area contributed by atoms with Crippen LogP contribution in [0.1, 0.15) is 30.6 Å². The summed E-state index contributed by atoms with van der Waals surface area (Å²) in [7, 11) is 2.22. The molecular formula is C15H23N5S. The molecule has 2 aromatic heterocycles. The largest absolute Gasteiger partial charge is 0.368 e. The first-order valence-corrected chi connectivity index (χ1v) is 8.43. The Hall–Kier alpha value is -1.40. The molecule has 0 unspecified atom stereocenters. The molecule has 1 aliphatic carbocycles. The molecule has 2 aromatic rings. The van der Waals surface area contributed by atoms with Crippen LogP contribution in [0.3, 0.4) is 0 Å². The van der Waals surface area contributed by atoms with Crippen LogP contribution in [0, 0.1) is 6.92 Å². The van der Waals surface area contributed by atoms with Crippen molar-refractivity contribution in [1.29, 1.82) is 0 Å². The summed E-state index contributed by atoms with van der Waals surface area (Å²) in [5, 5.41) is 4.51. The van der Waals surface area contributed by atoms with Crippen LogP contribution in [-0.2, 0) is 0 Å². The fraction of sp³-hybridized carbons (Fsp3) is 0.600. The summed E-state index contributed by atoms with van der Waals surface area (Å²) in [6.07, 6.45) is 5.43. The molecule has 1 fully saturated rings. The Morgan fingerprint density at radius 2 is 2.14 bits per heavy atom. The van der Waals surface area contributed by atoms with E-state index in [1.165, 1.54) is 30.6 Å². The monoisotopic (exact) mass is 305 g/mol. The number of nitrogen functional groups attached to an aromatic ring is 1. The zero-order chi connectivity index (χ0) is 14.8. The predicted octanol–water partition coefficient (Wildman–Crippen LogP) is 2.87. The summed E-state index contributed by atoms with van der Waals surface area (Å²) in [6, 6.07) is 2.88. The van der Waals surface area contributed by atoms with E-state index < -0.39 is 0 Å². The molecule has 3 N–H and O–H groups in total. The lowest BCUT2D eigenvalue weighted by Gasteiger charge is -2.24. The van der Waals surface area contributed by atoms with Crippen molar-refractivity contribution in [2.24, 2.45) is 0 Å². The van der Waals surface area contributed by atoms with Crippen LogP contribution in [0.4, 0.5) is 11.8 Å². The number of anilines is 2. The van der Waals surface area contributed by atoms with Crippen molar-refractivity contribution in [1.82, 2.24) is 14.9 Å². The molecular weight excluding hydrogens is 282 g/mol. The van der Waals surface area contributed by atoms with E-state index in [1.807, 2.05) is 0 Å². The van der Waals surface area contributed by atoms with Gasteiger partial charge in [-0.2, -0.15) is 4.98 Å². The molecule has 0 atom stereocenters. The molecule has 0 aromatic carbocycles. The molecule has 3 rings (SSSR count). The minimum Gasteiger partial charge on any atom is -0.368 e. The molecule has 5 nitrogen and oxygen atoms in total. The van der Waals surface area contributed by atoms with Crippen molar-refractivity contribution in [2.75, 3.05) is 31.2 Å². The number of nitrogens with one attached hydrogen (secondary N) is 1. The summed E-state index contributed by atoms with van der Waals surface area (Å²) in [5.41, 5.74) is 5.80. The average molecular weight is 305 g/mol. The molecule has 0 radical (unpaired) electrons. The third-order valence-corrected chi connectivity index (χ3v) is 5.18. The topological polar surface area (TPSA) is 67.1 Å². The van der Waals surface area contributed by atoms with E-state index in [-0.39, 0.29) is 0 Å². The molecule has 0 spiro atoms. The quantitative estimate of drug-likeness (QED) is 0.889. The van der Waals surface area contributed by atoms with E-state index in [0.29, 0.717) is 5.95 Å². The second kappa shape index (κ2) is 6.15. The van der Waals surface area contributed by atoms with Gasteiger partial charge in [-0.15, -0.1) is 11.3 Å². The second-order valence-corrected chi connectivity index (χ2v) is 7.09. The molecule has 1 saturated carbocycles. The first kappa shape index (κ1) is 14.5. The van der Waals surface area contributed by atoms with Gasteiger partial charge in [-0.25, -0.2) is 4.98 Å². The number of fused-ring (bicyclic) bond motifs is 1. The number of nitrogens with two attached hydrogens (primary N) is 1. The van der Waals surface area contributed by atoms with Gasteiger partial charge in [-0.05, 0) is 32.9 Å². The SMILES string of the molecule is Cc1cc2c(NCCN(C)C3CCCC3)nc(N)nc2s1. The zero-order valence-corrected chi connectivity index (χ0v) is 13.5. The number of hydrogen-bond acceptors (Lipinski definition) is 6. The van der Waals surface area contributed by atoms with Gasteiger partial charge in [0, 0.05) is 24.0 Å². The molecule has 2 heterocycles. The van der Waals surface area contributed by atoms with E-state index in [9.17, 15) is 0 Å². The Kier molecular flexibility index (Phi) is 4.26. The molecule has 0 amide bonds. The Bertz CT molecular complexity index is 618. The molecule has 0 aliphatic heterocycles. The zero-order valence-electron chi connectivity index (χ0n) is 12.7. The van der Waals surface area contributed by atoms with Crippen LogP contribution in [0.15, 0.2) is 6.07 Å². The standard InChI is InChI=1S/C15H23N5S/c1-10-9-12-13(18-15(16)19-14(12)21-10)17-7-8-20(2)11-5-3-4-6-11/h9,11H,3-8H2,1-2H3,(H3,16,17,18,19). The van der Waals surface area contributed by atoms with Crippen LogP contribution in [0.25, 0.3) is 10.2 Å². The van der Waals surface area contributed by atoms with Gasteiger partial charge in [0.25, 0.3) is 0 Å². The van der Waals surface area contributed by atoms with Gasteiger partial charge in [-0.1, -0.05) is 12.8 Å². The maximum absolute atomic E-state index is 5.80. The first-order chi connectivity index (χ1) is 10.1. The predicted molar refractivity (Wildman–Crippen MR) is 89.9 cm³/mol. The van der Waals surface area contributed by atoms with Crippen molar-refractivity contribution in [3.8, 4) is 0 Å². The number of nitrogens with zero attached hydrogens (tertiary/aromatic N) is 3. The number of rotatable bonds is 5. The van der Waals surface area contributed by atoms with Crippen LogP contribution in [0.2, 0.25) is 0 Å². The van der Waals surface area contributed by atoms with Crippen molar-refractivity contribution in [3.05, 3.63) is 10.9 Å². The highest BCUT2D eigenvalue weighted by Crippen LogP contribution is 2.29. The van der Waals surface area contributed by atoms with Gasteiger partial charge in [0.15, 0.2) is 0 Å². The van der Waals surface area contributed by atoms with Crippen LogP contribution < -0.4 is 11.1 Å². The van der Waals surface area contributed by atoms with Gasteiger partial charge in [0.1, 0.15) is 10.6 Å². The van der Waals surface area contributed by atoms with Gasteiger partial charge in [0.05, 0.1) is 5.39 Å². The summed E-state index contributed by atoms with van der Waals surface area (Å²) >= 11 is 1.66. The Morgan fingerprint density at radius 3 is 2.90 bits per heavy atom. The van der Waals surface area contributed by atoms with Crippen molar-refractivity contribution < 1.29 is 0 Å². The number of likely N-dealkylation sites (N-methyl/N-ethyl adjacent to an activating group) is 1. The first-order valence-electron chi connectivity index (χ1n) is 7.61. The third kappa shape index (κ3) is 3.27. The van der Waals surface area contributed by atoms with Gasteiger partial charge < -0.3 is 16.0 Å². The number of hydrogen-bond donors (Lipinski definition) is 2. The van der Waals surface area contributed by atoms with Crippen LogP contribution in [0.5, 0.6) is 0 Å². The summed E-state index contributed by atoms with van der Waals surface area (Å²) < 4.78 is 0. The lowest BCUT2D eigenvalue weighted by molar-refractivity contribution is 0.254. The molecule has 114 valence electrons. The van der Waals surface area contributed by atoms with Gasteiger partial charge in [-0.3, -0.25) is 0 Å². The fourth-order valence-corrected chi connectivity index (χ4v) is 3.96. The van der Waals surface area contributed by atoms with E-state index in [2.05, 4.69) is 40.2 Å². The van der Waals surface area contributed by atoms with E-state index >= 15 is 0 Å². The number of aryl methyl sites for hydroxylation is 1. The van der Waals surface area contributed by atoms with Crippen LogP contribution in [-0.4, -0.2) is 41.0 Å². The highest BCUT2D eigenvalue weighted by Gasteiger charge is 2.19. The van der Waals surface area contributed by atoms with E-state index in [1.54, 1.807) is 11.3 Å². The van der Waals surface area contributed by atoms with E-state index in [4.69, 9.17) is 5.73 Å². The van der Waals surface area contributed by atoms with Crippen molar-refractivity contribution in [3.63, 3.8) is 0 Å². The van der Waals surface area contributed by atoms with Gasteiger partial charge >= 0.3 is 0 Å². The number of aromatic nitrogens is 2. The molecule has 0 bridgehead atoms. The summed E-state index contributed by atoms with van der Waals surface area (Å²) in [6.45, 7) is 3.99. The highest BCUT2D eigenvalue weighted by atomic mass is 32.1. The number of thiophene rings is 1. The summed E-state index contributed by atoms with van der Waals surface area (Å²) in [4.78, 5) is 13.3. The minimum atomic E-state index is 0.344. The Morgan fingerprint density at radius 1 is 1.38 bits per heavy atom. The highest BCUT2D eigenvalue weighted by molar-refractivity contribution is 7.18. The van der Waals surface area contributed by atoms with E-state index in [0.717, 1.165) is 35.2 Å². The third-order valence-electron chi connectivity index (χ3n) is 4.24. The molecule has 1 aliphatic rings. The Balaban J connectivity index is 1.64. The minimum absolute atomic E-state index is 0.344. The average Bonchev–Trinajstić information content (AvgIpc) is 3.06. The maximum atomic E-state index is 5.80. The Labute approximate surface area is 129 Å². The molecule has 0 saturated heterocycles. The van der Waals surface area contributed by atoms with Crippen molar-refractivity contribution >= 4 is 33.3 Å². The lowest BCUT2D eigenvalue weighted by Crippen LogP contribution is -2.33. The normalized spacial score (nSPS) is 16.1. The second-order valence-electron chi connectivity index (χ2n) is 5.85. The fourth-order valence-electron chi connectivity index (χ4n) is 3.07. The lowest BCUT2D eigenvalue weighted by atomic mass is 10.2.